The van der Waals surface area contributed by atoms with Gasteiger partial charge in [0.05, 0.1) is 24.3 Å². The summed E-state index contributed by atoms with van der Waals surface area (Å²) in [5, 5.41) is 2.79. The fraction of sp³-hybridized carbons (Fsp3) is 0.550. The number of alkyl halides is 5. The van der Waals surface area contributed by atoms with E-state index in [1.807, 2.05) is 0 Å². The fourth-order valence-electron chi connectivity index (χ4n) is 3.92. The minimum atomic E-state index is -4.50. The molecule has 31 heavy (non-hydrogen) atoms. The molecule has 2 aromatic heterocycles. The van der Waals surface area contributed by atoms with Crippen molar-refractivity contribution in [3.63, 3.8) is 0 Å². The van der Waals surface area contributed by atoms with Crippen LogP contribution in [0.2, 0.25) is 0 Å². The highest BCUT2D eigenvalue weighted by Crippen LogP contribution is 2.34. The standard InChI is InChI=1S/C20H23F5N6/c1-2-6-30-7-4-13(10-30)15-9-17(29-18(27-15)31-11-19(21,22)12-31)28-16-8-14(3-5-26-16)20(23,24)25/h3,5,8-9,13H,2,4,6-7,10-12H2,1H3,(H,26,27,28,29). The van der Waals surface area contributed by atoms with Crippen molar-refractivity contribution < 1.29 is 22.0 Å². The molecule has 0 spiro atoms. The Bertz CT molecular complexity index is 927. The van der Waals surface area contributed by atoms with Crippen molar-refractivity contribution in [1.29, 1.82) is 0 Å². The van der Waals surface area contributed by atoms with E-state index in [1.165, 1.54) is 4.90 Å². The van der Waals surface area contributed by atoms with E-state index in [4.69, 9.17) is 0 Å². The maximum atomic E-state index is 13.4. The molecule has 0 amide bonds. The van der Waals surface area contributed by atoms with Gasteiger partial charge in [0.25, 0.3) is 5.92 Å². The summed E-state index contributed by atoms with van der Waals surface area (Å²) in [5.74, 6) is -2.34. The molecule has 2 aromatic rings. The summed E-state index contributed by atoms with van der Waals surface area (Å²) >= 11 is 0. The third kappa shape index (κ3) is 5.03. The molecule has 2 saturated heterocycles. The number of hydrogen-bond acceptors (Lipinski definition) is 6. The number of aromatic nitrogens is 3. The molecule has 6 nitrogen and oxygen atoms in total. The molecule has 0 aromatic carbocycles. The monoisotopic (exact) mass is 442 g/mol. The van der Waals surface area contributed by atoms with Gasteiger partial charge in [-0.15, -0.1) is 0 Å². The molecular weight excluding hydrogens is 419 g/mol. The molecular formula is C20H23F5N6. The number of likely N-dealkylation sites (tertiary alicyclic amines) is 1. The number of nitrogens with one attached hydrogen (secondary N) is 1. The first-order chi connectivity index (χ1) is 14.6. The average molecular weight is 442 g/mol. The van der Waals surface area contributed by atoms with Crippen LogP contribution >= 0.6 is 0 Å². The molecule has 0 saturated carbocycles. The van der Waals surface area contributed by atoms with E-state index < -0.39 is 30.8 Å². The molecule has 4 heterocycles. The Morgan fingerprint density at radius 2 is 1.94 bits per heavy atom. The van der Waals surface area contributed by atoms with Gasteiger partial charge in [-0.1, -0.05) is 6.92 Å². The van der Waals surface area contributed by atoms with E-state index in [1.54, 1.807) is 6.07 Å². The van der Waals surface area contributed by atoms with E-state index in [0.29, 0.717) is 5.69 Å². The molecule has 0 bridgehead atoms. The summed E-state index contributed by atoms with van der Waals surface area (Å²) < 4.78 is 65.8. The lowest BCUT2D eigenvalue weighted by Crippen LogP contribution is -2.57. The minimum Gasteiger partial charge on any atom is -0.329 e. The Labute approximate surface area is 176 Å². The number of rotatable bonds is 6. The summed E-state index contributed by atoms with van der Waals surface area (Å²) in [7, 11) is 0. The maximum Gasteiger partial charge on any atom is 0.416 e. The zero-order chi connectivity index (χ0) is 22.2. The van der Waals surface area contributed by atoms with Crippen LogP contribution in [-0.2, 0) is 6.18 Å². The van der Waals surface area contributed by atoms with Crippen LogP contribution in [0, 0.1) is 0 Å². The second-order valence-corrected chi connectivity index (χ2v) is 8.03. The Kier molecular flexibility index (Phi) is 5.71. The number of halogens is 5. The van der Waals surface area contributed by atoms with Crippen LogP contribution in [0.25, 0.3) is 0 Å². The molecule has 0 aliphatic carbocycles. The third-order valence-electron chi connectivity index (χ3n) is 5.44. The van der Waals surface area contributed by atoms with E-state index in [0.717, 1.165) is 50.8 Å². The lowest BCUT2D eigenvalue weighted by molar-refractivity contribution is -0.137. The average Bonchev–Trinajstić information content (AvgIpc) is 3.14. The highest BCUT2D eigenvalue weighted by Gasteiger charge is 2.45. The van der Waals surface area contributed by atoms with Crippen molar-refractivity contribution in [1.82, 2.24) is 19.9 Å². The summed E-state index contributed by atoms with van der Waals surface area (Å²) in [4.78, 5) is 16.4. The van der Waals surface area contributed by atoms with Crippen molar-refractivity contribution in [2.45, 2.75) is 37.8 Å². The third-order valence-corrected chi connectivity index (χ3v) is 5.44. The van der Waals surface area contributed by atoms with Gasteiger partial charge >= 0.3 is 6.18 Å². The van der Waals surface area contributed by atoms with E-state index in [2.05, 4.69) is 32.1 Å². The highest BCUT2D eigenvalue weighted by molar-refractivity contribution is 5.56. The van der Waals surface area contributed by atoms with E-state index in [9.17, 15) is 22.0 Å². The topological polar surface area (TPSA) is 57.2 Å². The zero-order valence-corrected chi connectivity index (χ0v) is 17.0. The maximum absolute atomic E-state index is 13.4. The SMILES string of the molecule is CCCN1CCC(c2cc(Nc3cc(C(F)(F)F)ccn3)nc(N3CC(F)(F)C3)n2)C1. The summed E-state index contributed by atoms with van der Waals surface area (Å²) in [6, 6.07) is 3.44. The number of hydrogen-bond donors (Lipinski definition) is 1. The van der Waals surface area contributed by atoms with Crippen LogP contribution in [0.15, 0.2) is 24.4 Å². The quantitative estimate of drug-likeness (QED) is 0.674. The molecule has 1 unspecified atom stereocenters. The molecule has 11 heteroatoms. The van der Waals surface area contributed by atoms with Crippen LogP contribution < -0.4 is 10.2 Å². The van der Waals surface area contributed by atoms with Gasteiger partial charge in [-0.2, -0.15) is 18.2 Å². The van der Waals surface area contributed by atoms with Gasteiger partial charge < -0.3 is 15.1 Å². The number of anilines is 3. The fourth-order valence-corrected chi connectivity index (χ4v) is 3.92. The predicted octanol–water partition coefficient (Wildman–Crippen LogP) is 4.29. The molecule has 168 valence electrons. The van der Waals surface area contributed by atoms with Gasteiger partial charge in [-0.3, -0.25) is 0 Å². The van der Waals surface area contributed by atoms with Gasteiger partial charge in [-0.25, -0.2) is 18.7 Å². The largest absolute Gasteiger partial charge is 0.416 e. The summed E-state index contributed by atoms with van der Waals surface area (Å²) in [6.07, 6.45) is -1.55. The molecule has 1 N–H and O–H groups in total. The smallest absolute Gasteiger partial charge is 0.329 e. The summed E-state index contributed by atoms with van der Waals surface area (Å²) in [5.41, 5.74) is -0.152. The van der Waals surface area contributed by atoms with Crippen molar-refractivity contribution in [2.75, 3.05) is 42.9 Å². The van der Waals surface area contributed by atoms with E-state index >= 15 is 0 Å². The lowest BCUT2D eigenvalue weighted by Gasteiger charge is -2.38. The first-order valence-corrected chi connectivity index (χ1v) is 10.2. The zero-order valence-electron chi connectivity index (χ0n) is 17.0. The Balaban J connectivity index is 1.61. The molecule has 2 fully saturated rings. The van der Waals surface area contributed by atoms with Crippen molar-refractivity contribution in [3.05, 3.63) is 35.7 Å². The van der Waals surface area contributed by atoms with Crippen molar-refractivity contribution in [3.8, 4) is 0 Å². The highest BCUT2D eigenvalue weighted by atomic mass is 19.4. The van der Waals surface area contributed by atoms with Gasteiger partial charge in [0.2, 0.25) is 5.95 Å². The normalized spacial score (nSPS) is 21.2. The summed E-state index contributed by atoms with van der Waals surface area (Å²) in [6.45, 7) is 3.81. The number of nitrogens with zero attached hydrogens (tertiary/aromatic N) is 5. The van der Waals surface area contributed by atoms with Gasteiger partial charge in [-0.05, 0) is 38.1 Å². The van der Waals surface area contributed by atoms with Gasteiger partial charge in [0.15, 0.2) is 0 Å². The number of pyridine rings is 1. The van der Waals surface area contributed by atoms with Crippen molar-refractivity contribution >= 4 is 17.6 Å². The van der Waals surface area contributed by atoms with Crippen LogP contribution in [0.1, 0.15) is 36.9 Å². The molecule has 0 radical (unpaired) electrons. The molecule has 2 aliphatic heterocycles. The van der Waals surface area contributed by atoms with Gasteiger partial charge in [0, 0.05) is 24.7 Å². The predicted molar refractivity (Wildman–Crippen MR) is 106 cm³/mol. The second-order valence-electron chi connectivity index (χ2n) is 8.03. The van der Waals surface area contributed by atoms with E-state index in [-0.39, 0.29) is 23.5 Å². The Morgan fingerprint density at radius 1 is 1.16 bits per heavy atom. The second kappa shape index (κ2) is 8.18. The van der Waals surface area contributed by atoms with Crippen LogP contribution in [0.3, 0.4) is 0 Å². The minimum absolute atomic E-state index is 0.0293. The molecule has 1 atom stereocenters. The van der Waals surface area contributed by atoms with Crippen LogP contribution in [0.5, 0.6) is 0 Å². The Morgan fingerprint density at radius 3 is 2.61 bits per heavy atom. The van der Waals surface area contributed by atoms with Gasteiger partial charge in [0.1, 0.15) is 11.6 Å². The molecule has 2 aliphatic rings. The first-order valence-electron chi connectivity index (χ1n) is 10.2. The Hall–Kier alpha value is -2.56. The van der Waals surface area contributed by atoms with Crippen LogP contribution in [-0.4, -0.2) is 58.5 Å². The van der Waals surface area contributed by atoms with Crippen LogP contribution in [0.4, 0.5) is 39.5 Å². The lowest BCUT2D eigenvalue weighted by atomic mass is 10.0. The molecule has 4 rings (SSSR count). The first kappa shape index (κ1) is 21.7. The van der Waals surface area contributed by atoms with Crippen molar-refractivity contribution in [2.24, 2.45) is 0 Å².